The maximum absolute atomic E-state index is 12.3. The molecule has 8 heteroatoms. The van der Waals surface area contributed by atoms with Gasteiger partial charge >= 0.3 is 0 Å². The molecule has 0 spiro atoms. The molecule has 0 atom stereocenters. The van der Waals surface area contributed by atoms with Gasteiger partial charge in [0.2, 0.25) is 11.8 Å². The Bertz CT molecular complexity index is 905. The Labute approximate surface area is 175 Å². The van der Waals surface area contributed by atoms with Crippen LogP contribution in [0.15, 0.2) is 42.5 Å². The highest BCUT2D eigenvalue weighted by molar-refractivity contribution is 5.98. The summed E-state index contributed by atoms with van der Waals surface area (Å²) in [6, 6.07) is 12.1. The molecule has 0 unspecified atom stereocenters. The minimum absolute atomic E-state index is 0.0949. The van der Waals surface area contributed by atoms with Gasteiger partial charge in [0.25, 0.3) is 5.91 Å². The molecule has 2 aromatic rings. The minimum Gasteiger partial charge on any atom is -0.497 e. The quantitative estimate of drug-likeness (QED) is 0.691. The smallest absolute Gasteiger partial charge is 0.251 e. The van der Waals surface area contributed by atoms with Crippen LogP contribution in [0.25, 0.3) is 0 Å². The third-order valence-corrected chi connectivity index (χ3v) is 4.82. The number of hydrogen-bond acceptors (Lipinski definition) is 5. The summed E-state index contributed by atoms with van der Waals surface area (Å²) < 4.78 is 10.4. The van der Waals surface area contributed by atoms with Crippen molar-refractivity contribution in [1.82, 2.24) is 10.6 Å². The van der Waals surface area contributed by atoms with Gasteiger partial charge in [-0.2, -0.15) is 0 Å². The molecule has 0 aliphatic carbocycles. The van der Waals surface area contributed by atoms with Crippen LogP contribution in [0.5, 0.6) is 11.5 Å². The van der Waals surface area contributed by atoms with Crippen molar-refractivity contribution in [3.8, 4) is 11.5 Å². The summed E-state index contributed by atoms with van der Waals surface area (Å²) in [6.07, 6.45) is 1.40. The average molecular weight is 411 g/mol. The molecule has 3 amide bonds. The maximum Gasteiger partial charge on any atom is 0.251 e. The Morgan fingerprint density at radius 1 is 1.00 bits per heavy atom. The number of nitrogens with one attached hydrogen (secondary N) is 2. The zero-order chi connectivity index (χ0) is 21.5. The van der Waals surface area contributed by atoms with E-state index < -0.39 is 0 Å². The van der Waals surface area contributed by atoms with Crippen LogP contribution < -0.4 is 25.0 Å². The van der Waals surface area contributed by atoms with Gasteiger partial charge < -0.3 is 25.0 Å². The van der Waals surface area contributed by atoms with Gasteiger partial charge in [0.15, 0.2) is 0 Å². The lowest BCUT2D eigenvalue weighted by Crippen LogP contribution is -2.36. The van der Waals surface area contributed by atoms with Crippen molar-refractivity contribution in [2.75, 3.05) is 32.2 Å². The molecule has 1 fully saturated rings. The number of carbonyl (C=O) groups excluding carboxylic acids is 3. The van der Waals surface area contributed by atoms with Gasteiger partial charge in [-0.1, -0.05) is 0 Å². The molecule has 0 saturated carbocycles. The van der Waals surface area contributed by atoms with E-state index >= 15 is 0 Å². The van der Waals surface area contributed by atoms with E-state index in [-0.39, 0.29) is 30.8 Å². The monoisotopic (exact) mass is 411 g/mol. The highest BCUT2D eigenvalue weighted by Crippen LogP contribution is 2.23. The van der Waals surface area contributed by atoms with Crippen LogP contribution in [-0.4, -0.2) is 45.0 Å². The zero-order valence-electron chi connectivity index (χ0n) is 17.1. The highest BCUT2D eigenvalue weighted by Gasteiger charge is 2.21. The molecule has 30 heavy (non-hydrogen) atoms. The van der Waals surface area contributed by atoms with Crippen LogP contribution in [0.3, 0.4) is 0 Å². The van der Waals surface area contributed by atoms with E-state index in [0.29, 0.717) is 30.0 Å². The van der Waals surface area contributed by atoms with Gasteiger partial charge in [-0.05, 0) is 48.4 Å². The lowest BCUT2D eigenvalue weighted by atomic mass is 10.2. The molecule has 0 radical (unpaired) electrons. The van der Waals surface area contributed by atoms with E-state index in [1.54, 1.807) is 61.6 Å². The molecule has 1 aliphatic heterocycles. The Morgan fingerprint density at radius 2 is 1.67 bits per heavy atom. The van der Waals surface area contributed by atoms with Crippen molar-refractivity contribution in [3.05, 3.63) is 53.6 Å². The minimum atomic E-state index is -0.354. The van der Waals surface area contributed by atoms with E-state index in [1.807, 2.05) is 0 Å². The number of nitrogens with zero attached hydrogens (tertiary/aromatic N) is 1. The second-order valence-electron chi connectivity index (χ2n) is 6.88. The van der Waals surface area contributed by atoms with Crippen LogP contribution in [0.1, 0.15) is 28.8 Å². The largest absolute Gasteiger partial charge is 0.497 e. The fraction of sp³-hybridized carbons (Fsp3) is 0.318. The fourth-order valence-electron chi connectivity index (χ4n) is 3.21. The van der Waals surface area contributed by atoms with Gasteiger partial charge in [-0.25, -0.2) is 0 Å². The van der Waals surface area contributed by atoms with Gasteiger partial charge in [-0.15, -0.1) is 0 Å². The SMILES string of the molecule is COc1cc(CNC(=O)CNC(=O)c2ccc(N3CCCC3=O)cc2)cc(OC)c1. The van der Waals surface area contributed by atoms with E-state index in [4.69, 9.17) is 9.47 Å². The molecule has 0 bridgehead atoms. The summed E-state index contributed by atoms with van der Waals surface area (Å²) in [5.74, 6) is 0.686. The summed E-state index contributed by atoms with van der Waals surface area (Å²) in [6.45, 7) is 0.830. The van der Waals surface area contributed by atoms with E-state index in [1.165, 1.54) is 0 Å². The number of methoxy groups -OCH3 is 2. The van der Waals surface area contributed by atoms with Gasteiger partial charge in [0.05, 0.1) is 20.8 Å². The summed E-state index contributed by atoms with van der Waals surface area (Å²) in [5, 5.41) is 5.35. The summed E-state index contributed by atoms with van der Waals surface area (Å²) in [7, 11) is 3.12. The predicted octanol–water partition coefficient (Wildman–Crippen LogP) is 1.88. The van der Waals surface area contributed by atoms with Crippen molar-refractivity contribution >= 4 is 23.4 Å². The molecule has 8 nitrogen and oxygen atoms in total. The van der Waals surface area contributed by atoms with Gasteiger partial charge in [0.1, 0.15) is 11.5 Å². The van der Waals surface area contributed by atoms with Crippen LogP contribution in [0.4, 0.5) is 5.69 Å². The van der Waals surface area contributed by atoms with Crippen LogP contribution in [0, 0.1) is 0 Å². The van der Waals surface area contributed by atoms with Crippen LogP contribution in [0.2, 0.25) is 0 Å². The number of anilines is 1. The normalized spacial score (nSPS) is 13.1. The van der Waals surface area contributed by atoms with Crippen molar-refractivity contribution in [2.45, 2.75) is 19.4 Å². The number of benzene rings is 2. The van der Waals surface area contributed by atoms with Gasteiger partial charge in [-0.3, -0.25) is 14.4 Å². The number of carbonyl (C=O) groups is 3. The van der Waals surface area contributed by atoms with E-state index in [2.05, 4.69) is 10.6 Å². The van der Waals surface area contributed by atoms with Crippen LogP contribution in [-0.2, 0) is 16.1 Å². The zero-order valence-corrected chi connectivity index (χ0v) is 17.1. The van der Waals surface area contributed by atoms with E-state index in [9.17, 15) is 14.4 Å². The second-order valence-corrected chi connectivity index (χ2v) is 6.88. The third-order valence-electron chi connectivity index (χ3n) is 4.82. The molecule has 3 rings (SSSR count). The standard InChI is InChI=1S/C22H25N3O5/c1-29-18-10-15(11-19(12-18)30-2)13-23-20(26)14-24-22(28)16-5-7-17(8-6-16)25-9-3-4-21(25)27/h5-8,10-12H,3-4,9,13-14H2,1-2H3,(H,23,26)(H,24,28). The fourth-order valence-corrected chi connectivity index (χ4v) is 3.21. The Hall–Kier alpha value is -3.55. The predicted molar refractivity (Wildman–Crippen MR) is 112 cm³/mol. The first-order chi connectivity index (χ1) is 14.5. The number of ether oxygens (including phenoxy) is 2. The maximum atomic E-state index is 12.3. The second kappa shape index (κ2) is 9.78. The molecule has 158 valence electrons. The van der Waals surface area contributed by atoms with Crippen molar-refractivity contribution in [1.29, 1.82) is 0 Å². The van der Waals surface area contributed by atoms with Crippen LogP contribution >= 0.6 is 0 Å². The summed E-state index contributed by atoms with van der Waals surface area (Å²) in [4.78, 5) is 37.9. The Balaban J connectivity index is 1.48. The number of rotatable bonds is 8. The lowest BCUT2D eigenvalue weighted by Gasteiger charge is -2.15. The molecular weight excluding hydrogens is 386 g/mol. The topological polar surface area (TPSA) is 97.0 Å². The van der Waals surface area contributed by atoms with Crippen molar-refractivity contribution < 1.29 is 23.9 Å². The first-order valence-corrected chi connectivity index (χ1v) is 9.67. The molecule has 2 N–H and O–H groups in total. The number of amides is 3. The molecular formula is C22H25N3O5. The molecule has 0 aromatic heterocycles. The molecule has 1 aliphatic rings. The van der Waals surface area contributed by atoms with E-state index in [0.717, 1.165) is 17.7 Å². The molecule has 2 aromatic carbocycles. The summed E-state index contributed by atoms with van der Waals surface area (Å²) in [5.41, 5.74) is 2.02. The Kier molecular flexibility index (Phi) is 6.90. The first-order valence-electron chi connectivity index (χ1n) is 9.67. The molecule has 1 saturated heterocycles. The lowest BCUT2D eigenvalue weighted by molar-refractivity contribution is -0.120. The van der Waals surface area contributed by atoms with Gasteiger partial charge in [0, 0.05) is 36.8 Å². The van der Waals surface area contributed by atoms with Crippen molar-refractivity contribution in [3.63, 3.8) is 0 Å². The highest BCUT2D eigenvalue weighted by atomic mass is 16.5. The summed E-state index contributed by atoms with van der Waals surface area (Å²) >= 11 is 0. The number of hydrogen-bond donors (Lipinski definition) is 2. The third kappa shape index (κ3) is 5.28. The Morgan fingerprint density at radius 3 is 2.23 bits per heavy atom. The average Bonchev–Trinajstić information content (AvgIpc) is 3.21. The van der Waals surface area contributed by atoms with Crippen molar-refractivity contribution in [2.24, 2.45) is 0 Å². The molecule has 1 heterocycles. The first kappa shape index (κ1) is 21.2.